The average molecular weight is 457 g/mol. The van der Waals surface area contributed by atoms with Gasteiger partial charge in [-0.3, -0.25) is 9.59 Å². The monoisotopic (exact) mass is 456 g/mol. The lowest BCUT2D eigenvalue weighted by molar-refractivity contribution is 0.0586. The van der Waals surface area contributed by atoms with Gasteiger partial charge in [0.15, 0.2) is 5.78 Å². The average Bonchev–Trinajstić information content (AvgIpc) is 3.37. The van der Waals surface area contributed by atoms with E-state index in [1.165, 1.54) is 18.3 Å². The maximum Gasteiger partial charge on any atom is 0.354 e. The lowest BCUT2D eigenvalue weighted by Crippen LogP contribution is -2.43. The standard InChI is InChI=1S/C24H25ClN2O5/c1-14-20(15(2)26(4)21(14)24(30)31-5)22(28)16(3)27(13-17-9-8-12-32-17)23(29)18-10-6-7-11-19(18)25/h6-12,16H,13H2,1-5H3/t16-/m1/s1. The molecule has 0 N–H and O–H groups in total. The van der Waals surface area contributed by atoms with Crippen LogP contribution in [0.15, 0.2) is 47.1 Å². The molecular weight excluding hydrogens is 432 g/mol. The topological polar surface area (TPSA) is 81.8 Å². The molecule has 0 radical (unpaired) electrons. The summed E-state index contributed by atoms with van der Waals surface area (Å²) in [6.07, 6.45) is 1.51. The van der Waals surface area contributed by atoms with E-state index in [4.69, 9.17) is 20.8 Å². The Hall–Kier alpha value is -3.32. The molecule has 2 heterocycles. The summed E-state index contributed by atoms with van der Waals surface area (Å²) < 4.78 is 11.9. The minimum Gasteiger partial charge on any atom is -0.467 e. The summed E-state index contributed by atoms with van der Waals surface area (Å²) >= 11 is 6.26. The molecule has 0 unspecified atom stereocenters. The van der Waals surface area contributed by atoms with Crippen molar-refractivity contribution in [1.82, 2.24) is 9.47 Å². The van der Waals surface area contributed by atoms with E-state index in [-0.39, 0.29) is 17.9 Å². The zero-order valence-electron chi connectivity index (χ0n) is 18.6. The van der Waals surface area contributed by atoms with E-state index in [2.05, 4.69) is 0 Å². The minimum absolute atomic E-state index is 0.0821. The molecule has 0 aliphatic heterocycles. The highest BCUT2D eigenvalue weighted by Gasteiger charge is 2.33. The van der Waals surface area contributed by atoms with Gasteiger partial charge in [0.2, 0.25) is 0 Å². The van der Waals surface area contributed by atoms with Gasteiger partial charge in [0.25, 0.3) is 5.91 Å². The summed E-state index contributed by atoms with van der Waals surface area (Å²) in [5.74, 6) is -0.689. The van der Waals surface area contributed by atoms with Crippen molar-refractivity contribution in [3.05, 3.63) is 81.5 Å². The summed E-state index contributed by atoms with van der Waals surface area (Å²) in [4.78, 5) is 40.7. The first-order valence-electron chi connectivity index (χ1n) is 10.0. The molecule has 1 amide bonds. The quantitative estimate of drug-likeness (QED) is 0.383. The van der Waals surface area contributed by atoms with Crippen LogP contribution >= 0.6 is 11.6 Å². The zero-order valence-corrected chi connectivity index (χ0v) is 19.4. The number of nitrogens with zero attached hydrogens (tertiary/aromatic N) is 2. The molecule has 8 heteroatoms. The summed E-state index contributed by atoms with van der Waals surface area (Å²) in [5, 5.41) is 0.293. The first kappa shape index (κ1) is 23.3. The van der Waals surface area contributed by atoms with Crippen LogP contribution in [0, 0.1) is 13.8 Å². The molecule has 1 atom stereocenters. The molecule has 0 saturated carbocycles. The van der Waals surface area contributed by atoms with Gasteiger partial charge in [0, 0.05) is 18.3 Å². The van der Waals surface area contributed by atoms with Crippen molar-refractivity contribution in [2.75, 3.05) is 7.11 Å². The highest BCUT2D eigenvalue weighted by atomic mass is 35.5. The van der Waals surface area contributed by atoms with Crippen LogP contribution in [0.5, 0.6) is 0 Å². The van der Waals surface area contributed by atoms with Gasteiger partial charge < -0.3 is 18.6 Å². The Balaban J connectivity index is 2.04. The molecule has 0 spiro atoms. The van der Waals surface area contributed by atoms with Crippen molar-refractivity contribution in [1.29, 1.82) is 0 Å². The number of halogens is 1. The van der Waals surface area contributed by atoms with Gasteiger partial charge in [-0.2, -0.15) is 0 Å². The Morgan fingerprint density at radius 1 is 1.16 bits per heavy atom. The summed E-state index contributed by atoms with van der Waals surface area (Å²) in [7, 11) is 2.99. The number of esters is 1. The normalized spacial score (nSPS) is 11.8. The van der Waals surface area contributed by atoms with E-state index in [0.717, 1.165) is 0 Å². The molecule has 0 bridgehead atoms. The smallest absolute Gasteiger partial charge is 0.354 e. The second kappa shape index (κ2) is 9.44. The molecule has 0 fully saturated rings. The zero-order chi connectivity index (χ0) is 23.6. The Morgan fingerprint density at radius 2 is 1.84 bits per heavy atom. The number of hydrogen-bond acceptors (Lipinski definition) is 5. The molecule has 0 aliphatic rings. The van der Waals surface area contributed by atoms with Gasteiger partial charge in [-0.15, -0.1) is 0 Å². The first-order valence-corrected chi connectivity index (χ1v) is 10.4. The predicted octanol–water partition coefficient (Wildman–Crippen LogP) is 4.59. The van der Waals surface area contributed by atoms with E-state index in [9.17, 15) is 14.4 Å². The van der Waals surface area contributed by atoms with Gasteiger partial charge >= 0.3 is 5.97 Å². The van der Waals surface area contributed by atoms with Crippen LogP contribution in [-0.4, -0.2) is 40.3 Å². The fourth-order valence-electron chi connectivity index (χ4n) is 3.82. The van der Waals surface area contributed by atoms with Crippen LogP contribution in [0.25, 0.3) is 0 Å². The molecular formula is C24H25ClN2O5. The maximum atomic E-state index is 13.6. The molecule has 7 nitrogen and oxygen atoms in total. The number of aromatic nitrogens is 1. The van der Waals surface area contributed by atoms with Crippen molar-refractivity contribution in [3.63, 3.8) is 0 Å². The molecule has 3 rings (SSSR count). The third-order valence-corrected chi connectivity index (χ3v) is 6.00. The van der Waals surface area contributed by atoms with Gasteiger partial charge in [0.05, 0.1) is 36.5 Å². The van der Waals surface area contributed by atoms with Crippen LogP contribution < -0.4 is 0 Å². The second-order valence-electron chi connectivity index (χ2n) is 7.52. The van der Waals surface area contributed by atoms with Crippen molar-refractivity contribution < 1.29 is 23.5 Å². The van der Waals surface area contributed by atoms with E-state index in [0.29, 0.717) is 33.3 Å². The molecule has 0 saturated heterocycles. The summed E-state index contributed by atoms with van der Waals surface area (Å²) in [6, 6.07) is 9.29. The van der Waals surface area contributed by atoms with Crippen molar-refractivity contribution in [2.24, 2.45) is 7.05 Å². The van der Waals surface area contributed by atoms with E-state index < -0.39 is 17.9 Å². The van der Waals surface area contributed by atoms with E-state index in [1.807, 2.05) is 0 Å². The largest absolute Gasteiger partial charge is 0.467 e. The van der Waals surface area contributed by atoms with Gasteiger partial charge in [-0.1, -0.05) is 23.7 Å². The summed E-state index contributed by atoms with van der Waals surface area (Å²) in [5.41, 5.74) is 2.10. The number of benzene rings is 1. The summed E-state index contributed by atoms with van der Waals surface area (Å²) in [6.45, 7) is 5.20. The lowest BCUT2D eigenvalue weighted by atomic mass is 9.99. The molecule has 1 aromatic carbocycles. The first-order chi connectivity index (χ1) is 15.2. The van der Waals surface area contributed by atoms with E-state index >= 15 is 0 Å². The van der Waals surface area contributed by atoms with Crippen LogP contribution in [-0.2, 0) is 18.3 Å². The number of carbonyl (C=O) groups excluding carboxylic acids is 3. The third kappa shape index (κ3) is 4.21. The van der Waals surface area contributed by atoms with Gasteiger partial charge in [0.1, 0.15) is 11.5 Å². The molecule has 168 valence electrons. The van der Waals surface area contributed by atoms with Crippen molar-refractivity contribution in [3.8, 4) is 0 Å². The Morgan fingerprint density at radius 3 is 2.44 bits per heavy atom. The number of ketones is 1. The van der Waals surface area contributed by atoms with Crippen LogP contribution in [0.2, 0.25) is 5.02 Å². The number of ether oxygens (including phenoxy) is 1. The minimum atomic E-state index is -0.853. The number of furan rings is 1. The molecule has 2 aromatic heterocycles. The van der Waals surface area contributed by atoms with E-state index in [1.54, 1.807) is 68.8 Å². The highest BCUT2D eigenvalue weighted by molar-refractivity contribution is 6.33. The number of Topliss-reactive ketones (excluding diaryl/α,β-unsaturated/α-hetero) is 1. The van der Waals surface area contributed by atoms with Gasteiger partial charge in [-0.05, 0) is 50.6 Å². The Labute approximate surface area is 191 Å². The number of methoxy groups -OCH3 is 1. The van der Waals surface area contributed by atoms with Crippen molar-refractivity contribution >= 4 is 29.3 Å². The highest BCUT2D eigenvalue weighted by Crippen LogP contribution is 2.27. The van der Waals surface area contributed by atoms with Crippen molar-refractivity contribution in [2.45, 2.75) is 33.4 Å². The van der Waals surface area contributed by atoms with Crippen LogP contribution in [0.4, 0.5) is 0 Å². The molecule has 32 heavy (non-hydrogen) atoms. The third-order valence-electron chi connectivity index (χ3n) is 5.67. The second-order valence-corrected chi connectivity index (χ2v) is 7.92. The number of hydrogen-bond donors (Lipinski definition) is 0. The fraction of sp³-hybridized carbons (Fsp3) is 0.292. The lowest BCUT2D eigenvalue weighted by Gasteiger charge is -2.28. The fourth-order valence-corrected chi connectivity index (χ4v) is 4.04. The number of amides is 1. The van der Waals surface area contributed by atoms with Gasteiger partial charge in [-0.25, -0.2) is 4.79 Å². The Kier molecular flexibility index (Phi) is 6.89. The number of rotatable bonds is 7. The Bertz CT molecular complexity index is 1160. The SMILES string of the molecule is COC(=O)c1c(C)c(C(=O)[C@@H](C)N(Cc2ccco2)C(=O)c2ccccc2Cl)c(C)n1C. The molecule has 0 aliphatic carbocycles. The number of carbonyl (C=O) groups is 3. The van der Waals surface area contributed by atoms with Crippen LogP contribution in [0.3, 0.4) is 0 Å². The maximum absolute atomic E-state index is 13.6. The molecule has 3 aromatic rings. The van der Waals surface area contributed by atoms with Crippen LogP contribution in [0.1, 0.15) is 55.1 Å². The predicted molar refractivity (Wildman–Crippen MR) is 120 cm³/mol.